The van der Waals surface area contributed by atoms with Crippen molar-refractivity contribution in [2.24, 2.45) is 5.92 Å². The lowest BCUT2D eigenvalue weighted by Crippen LogP contribution is -2.39. The first kappa shape index (κ1) is 17.6. The van der Waals surface area contributed by atoms with E-state index in [1.807, 2.05) is 29.2 Å². The fraction of sp³-hybridized carbons (Fsp3) is 0.471. The Hall–Kier alpha value is -2.22. The minimum Gasteiger partial charge on any atom is -0.497 e. The van der Waals surface area contributed by atoms with Gasteiger partial charge in [0.1, 0.15) is 5.75 Å². The molecule has 0 aliphatic carbocycles. The van der Waals surface area contributed by atoms with Gasteiger partial charge in [-0.25, -0.2) is 4.68 Å². The minimum atomic E-state index is 0.130. The van der Waals surface area contributed by atoms with E-state index < -0.39 is 0 Å². The number of piperidine rings is 1. The second-order valence-electron chi connectivity index (χ2n) is 6.26. The van der Waals surface area contributed by atoms with Crippen LogP contribution in [0.3, 0.4) is 0 Å². The van der Waals surface area contributed by atoms with Gasteiger partial charge in [-0.2, -0.15) is 0 Å². The van der Waals surface area contributed by atoms with Crippen LogP contribution in [-0.2, 0) is 4.79 Å². The summed E-state index contributed by atoms with van der Waals surface area (Å²) in [6, 6.07) is 7.44. The molecule has 0 bridgehead atoms. The van der Waals surface area contributed by atoms with Gasteiger partial charge >= 0.3 is 0 Å². The normalized spacial score (nSPS) is 15.4. The molecule has 0 saturated carbocycles. The van der Waals surface area contributed by atoms with Crippen LogP contribution in [0.25, 0.3) is 11.4 Å². The highest BCUT2D eigenvalue weighted by atomic mass is 32.2. The van der Waals surface area contributed by atoms with Crippen molar-refractivity contribution in [3.8, 4) is 17.1 Å². The van der Waals surface area contributed by atoms with Gasteiger partial charge in [-0.3, -0.25) is 4.79 Å². The summed E-state index contributed by atoms with van der Waals surface area (Å²) in [5.74, 6) is 8.59. The number of amides is 1. The Labute approximate surface area is 151 Å². The number of methoxy groups -OCH3 is 1. The summed E-state index contributed by atoms with van der Waals surface area (Å²) in [7, 11) is 1.62. The lowest BCUT2D eigenvalue weighted by atomic mass is 9.99. The average Bonchev–Trinajstić information content (AvgIpc) is 3.01. The van der Waals surface area contributed by atoms with E-state index in [4.69, 9.17) is 10.6 Å². The van der Waals surface area contributed by atoms with Crippen LogP contribution in [0.2, 0.25) is 0 Å². The Morgan fingerprint density at radius 1 is 1.28 bits per heavy atom. The zero-order valence-corrected chi connectivity index (χ0v) is 15.3. The topological polar surface area (TPSA) is 86.3 Å². The molecule has 3 rings (SSSR count). The SMILES string of the molecule is COc1ccc(-c2nnc(SCC(=O)N3CCC(C)CC3)n2N)cc1. The number of carbonyl (C=O) groups is 1. The predicted molar refractivity (Wildman–Crippen MR) is 97.9 cm³/mol. The zero-order chi connectivity index (χ0) is 17.8. The summed E-state index contributed by atoms with van der Waals surface area (Å²) in [4.78, 5) is 14.3. The standard InChI is InChI=1S/C17H23N5O2S/c1-12-7-9-21(10-8-12)15(23)11-25-17-20-19-16(22(17)18)13-3-5-14(24-2)6-4-13/h3-6,12H,7-11,18H2,1-2H3. The lowest BCUT2D eigenvalue weighted by Gasteiger charge is -2.30. The predicted octanol–water partition coefficient (Wildman–Crippen LogP) is 2.02. The number of rotatable bonds is 5. The summed E-state index contributed by atoms with van der Waals surface area (Å²) in [5, 5.41) is 8.79. The van der Waals surface area contributed by atoms with Crippen LogP contribution in [0.5, 0.6) is 5.75 Å². The second kappa shape index (κ2) is 7.77. The van der Waals surface area contributed by atoms with Crippen LogP contribution >= 0.6 is 11.8 Å². The Bertz CT molecular complexity index is 723. The number of aromatic nitrogens is 3. The summed E-state index contributed by atoms with van der Waals surface area (Å²) in [5.41, 5.74) is 0.846. The Morgan fingerprint density at radius 3 is 2.60 bits per heavy atom. The van der Waals surface area contributed by atoms with Crippen molar-refractivity contribution < 1.29 is 9.53 Å². The molecule has 0 spiro atoms. The first-order chi connectivity index (χ1) is 12.1. The van der Waals surface area contributed by atoms with E-state index in [2.05, 4.69) is 17.1 Å². The number of carbonyl (C=O) groups excluding carboxylic acids is 1. The van der Waals surface area contributed by atoms with Crippen LogP contribution in [0, 0.1) is 5.92 Å². The fourth-order valence-corrected chi connectivity index (χ4v) is 3.55. The molecule has 8 heteroatoms. The molecule has 0 atom stereocenters. The molecule has 1 amide bonds. The van der Waals surface area contributed by atoms with Crippen molar-refractivity contribution in [3.63, 3.8) is 0 Å². The molecule has 1 aromatic carbocycles. The summed E-state index contributed by atoms with van der Waals surface area (Å²) >= 11 is 1.32. The van der Waals surface area contributed by atoms with Gasteiger partial charge in [-0.15, -0.1) is 10.2 Å². The molecule has 1 aliphatic rings. The molecular weight excluding hydrogens is 338 g/mol. The van der Waals surface area contributed by atoms with Gasteiger partial charge in [0.25, 0.3) is 0 Å². The third-order valence-electron chi connectivity index (χ3n) is 4.47. The fourth-order valence-electron chi connectivity index (χ4n) is 2.79. The number of benzene rings is 1. The highest BCUT2D eigenvalue weighted by molar-refractivity contribution is 7.99. The van der Waals surface area contributed by atoms with E-state index in [1.54, 1.807) is 7.11 Å². The molecule has 1 saturated heterocycles. The Morgan fingerprint density at radius 2 is 1.96 bits per heavy atom. The van der Waals surface area contributed by atoms with Gasteiger partial charge in [-0.1, -0.05) is 18.7 Å². The smallest absolute Gasteiger partial charge is 0.233 e. The number of ether oxygens (including phenoxy) is 1. The van der Waals surface area contributed by atoms with Crippen molar-refractivity contribution in [1.82, 2.24) is 19.8 Å². The molecule has 2 N–H and O–H groups in total. The third kappa shape index (κ3) is 4.07. The van der Waals surface area contributed by atoms with Gasteiger partial charge in [0, 0.05) is 18.7 Å². The average molecular weight is 361 g/mol. The second-order valence-corrected chi connectivity index (χ2v) is 7.20. The zero-order valence-electron chi connectivity index (χ0n) is 14.5. The number of hydrogen-bond acceptors (Lipinski definition) is 6. The van der Waals surface area contributed by atoms with Crippen molar-refractivity contribution in [3.05, 3.63) is 24.3 Å². The molecule has 0 unspecified atom stereocenters. The molecule has 1 fully saturated rings. The maximum absolute atomic E-state index is 12.3. The molecule has 0 radical (unpaired) electrons. The van der Waals surface area contributed by atoms with Crippen molar-refractivity contribution in [2.75, 3.05) is 31.8 Å². The largest absolute Gasteiger partial charge is 0.497 e. The van der Waals surface area contributed by atoms with Crippen LogP contribution < -0.4 is 10.6 Å². The monoisotopic (exact) mass is 361 g/mol. The van der Waals surface area contributed by atoms with E-state index in [1.165, 1.54) is 16.4 Å². The van der Waals surface area contributed by atoms with E-state index in [0.717, 1.165) is 37.2 Å². The van der Waals surface area contributed by atoms with Crippen LogP contribution in [-0.4, -0.2) is 51.6 Å². The van der Waals surface area contributed by atoms with Gasteiger partial charge in [-0.05, 0) is 43.0 Å². The Kier molecular flexibility index (Phi) is 5.47. The van der Waals surface area contributed by atoms with Crippen molar-refractivity contribution in [1.29, 1.82) is 0 Å². The molecule has 25 heavy (non-hydrogen) atoms. The number of nitrogens with two attached hydrogens (primary N) is 1. The van der Waals surface area contributed by atoms with E-state index >= 15 is 0 Å². The molecule has 2 heterocycles. The maximum atomic E-state index is 12.3. The van der Waals surface area contributed by atoms with Gasteiger partial charge in [0.2, 0.25) is 11.1 Å². The van der Waals surface area contributed by atoms with E-state index in [0.29, 0.717) is 22.7 Å². The minimum absolute atomic E-state index is 0.130. The van der Waals surface area contributed by atoms with Gasteiger partial charge in [0.15, 0.2) is 5.82 Å². The maximum Gasteiger partial charge on any atom is 0.233 e. The number of nitrogens with zero attached hydrogens (tertiary/aromatic N) is 4. The summed E-state index contributed by atoms with van der Waals surface area (Å²) in [6.07, 6.45) is 2.15. The Balaban J connectivity index is 1.62. The summed E-state index contributed by atoms with van der Waals surface area (Å²) < 4.78 is 6.58. The first-order valence-corrected chi connectivity index (χ1v) is 9.32. The van der Waals surface area contributed by atoms with Crippen LogP contribution in [0.1, 0.15) is 19.8 Å². The number of likely N-dealkylation sites (tertiary alicyclic amines) is 1. The highest BCUT2D eigenvalue weighted by Gasteiger charge is 2.21. The van der Waals surface area contributed by atoms with E-state index in [9.17, 15) is 4.79 Å². The van der Waals surface area contributed by atoms with Crippen LogP contribution in [0.15, 0.2) is 29.4 Å². The van der Waals surface area contributed by atoms with Gasteiger partial charge < -0.3 is 15.5 Å². The molecular formula is C17H23N5O2S. The van der Waals surface area contributed by atoms with Crippen LogP contribution in [0.4, 0.5) is 0 Å². The highest BCUT2D eigenvalue weighted by Crippen LogP contribution is 2.24. The molecule has 7 nitrogen and oxygen atoms in total. The molecule has 2 aromatic rings. The number of nitrogen functional groups attached to an aromatic ring is 1. The first-order valence-electron chi connectivity index (χ1n) is 8.34. The number of hydrogen-bond donors (Lipinski definition) is 1. The van der Waals surface area contributed by atoms with Crippen molar-refractivity contribution in [2.45, 2.75) is 24.9 Å². The molecule has 1 aliphatic heterocycles. The molecule has 1 aromatic heterocycles. The summed E-state index contributed by atoms with van der Waals surface area (Å²) in [6.45, 7) is 3.91. The van der Waals surface area contributed by atoms with Gasteiger partial charge in [0.05, 0.1) is 12.9 Å². The van der Waals surface area contributed by atoms with Crippen molar-refractivity contribution >= 4 is 17.7 Å². The third-order valence-corrected chi connectivity index (χ3v) is 5.40. The quantitative estimate of drug-likeness (QED) is 0.648. The molecule has 134 valence electrons. The number of thioether (sulfide) groups is 1. The van der Waals surface area contributed by atoms with E-state index in [-0.39, 0.29) is 5.91 Å². The lowest BCUT2D eigenvalue weighted by molar-refractivity contribution is -0.129.